The summed E-state index contributed by atoms with van der Waals surface area (Å²) >= 11 is 0. The SMILES string of the molecule is CC.CC(C)c1nnc2cccnn12. The molecule has 0 unspecified atom stereocenters. The van der Waals surface area contributed by atoms with Gasteiger partial charge in [0.05, 0.1) is 0 Å². The Bertz CT molecular complexity index is 392. The summed E-state index contributed by atoms with van der Waals surface area (Å²) in [7, 11) is 0. The van der Waals surface area contributed by atoms with Crippen LogP contribution < -0.4 is 0 Å². The van der Waals surface area contributed by atoms with Gasteiger partial charge in [0.1, 0.15) is 0 Å². The van der Waals surface area contributed by atoms with Crippen LogP contribution in [0.5, 0.6) is 0 Å². The highest BCUT2D eigenvalue weighted by atomic mass is 15.4. The van der Waals surface area contributed by atoms with Gasteiger partial charge in [-0.25, -0.2) is 0 Å². The molecule has 0 radical (unpaired) electrons. The van der Waals surface area contributed by atoms with E-state index in [2.05, 4.69) is 29.1 Å². The molecule has 0 bridgehead atoms. The minimum Gasteiger partial charge on any atom is -0.197 e. The van der Waals surface area contributed by atoms with Crippen LogP contribution in [0.15, 0.2) is 18.3 Å². The van der Waals surface area contributed by atoms with E-state index < -0.39 is 0 Å². The third kappa shape index (κ3) is 1.89. The zero-order valence-electron chi connectivity index (χ0n) is 9.10. The van der Waals surface area contributed by atoms with Crippen molar-refractivity contribution in [2.75, 3.05) is 0 Å². The minimum absolute atomic E-state index is 0.356. The van der Waals surface area contributed by atoms with Crippen LogP contribution in [-0.2, 0) is 0 Å². The number of aromatic nitrogens is 4. The van der Waals surface area contributed by atoms with E-state index in [0.29, 0.717) is 5.92 Å². The third-order valence-corrected chi connectivity index (χ3v) is 1.72. The second kappa shape index (κ2) is 4.69. The summed E-state index contributed by atoms with van der Waals surface area (Å²) < 4.78 is 1.77. The molecule has 0 aliphatic carbocycles. The number of hydrogen-bond acceptors (Lipinski definition) is 3. The van der Waals surface area contributed by atoms with E-state index in [0.717, 1.165) is 11.5 Å². The van der Waals surface area contributed by atoms with Crippen LogP contribution in [0, 0.1) is 0 Å². The molecular formula is C10H16N4. The number of fused-ring (bicyclic) bond motifs is 1. The maximum absolute atomic E-state index is 4.15. The Morgan fingerprint density at radius 1 is 1.21 bits per heavy atom. The Balaban J connectivity index is 0.000000461. The summed E-state index contributed by atoms with van der Waals surface area (Å²) in [6, 6.07) is 3.75. The van der Waals surface area contributed by atoms with Gasteiger partial charge in [0.25, 0.3) is 0 Å². The van der Waals surface area contributed by atoms with Gasteiger partial charge in [-0.15, -0.1) is 10.2 Å². The molecular weight excluding hydrogens is 176 g/mol. The van der Waals surface area contributed by atoms with Crippen LogP contribution in [0.2, 0.25) is 0 Å². The first-order chi connectivity index (χ1) is 6.79. The van der Waals surface area contributed by atoms with Crippen molar-refractivity contribution in [1.29, 1.82) is 0 Å². The topological polar surface area (TPSA) is 43.1 Å². The van der Waals surface area contributed by atoms with Gasteiger partial charge < -0.3 is 0 Å². The van der Waals surface area contributed by atoms with Gasteiger partial charge in [-0.3, -0.25) is 0 Å². The van der Waals surface area contributed by atoms with Crippen LogP contribution in [-0.4, -0.2) is 19.8 Å². The monoisotopic (exact) mass is 192 g/mol. The van der Waals surface area contributed by atoms with Crippen molar-refractivity contribution >= 4 is 5.65 Å². The van der Waals surface area contributed by atoms with Crippen molar-refractivity contribution < 1.29 is 0 Å². The van der Waals surface area contributed by atoms with Crippen LogP contribution in [0.25, 0.3) is 5.65 Å². The van der Waals surface area contributed by atoms with Gasteiger partial charge in [-0.05, 0) is 12.1 Å². The van der Waals surface area contributed by atoms with E-state index >= 15 is 0 Å². The first-order valence-electron chi connectivity index (χ1n) is 4.95. The average molecular weight is 192 g/mol. The molecule has 0 aromatic carbocycles. The molecule has 76 valence electrons. The maximum Gasteiger partial charge on any atom is 0.177 e. The Hall–Kier alpha value is -1.45. The number of nitrogens with zero attached hydrogens (tertiary/aromatic N) is 4. The van der Waals surface area contributed by atoms with Crippen LogP contribution in [0.3, 0.4) is 0 Å². The van der Waals surface area contributed by atoms with E-state index in [4.69, 9.17) is 0 Å². The summed E-state index contributed by atoms with van der Waals surface area (Å²) in [5, 5.41) is 12.2. The van der Waals surface area contributed by atoms with Crippen LogP contribution in [0.4, 0.5) is 0 Å². The summed E-state index contributed by atoms with van der Waals surface area (Å²) in [5.74, 6) is 1.26. The van der Waals surface area contributed by atoms with Crippen molar-refractivity contribution in [3.8, 4) is 0 Å². The highest BCUT2D eigenvalue weighted by molar-refractivity contribution is 5.34. The van der Waals surface area contributed by atoms with E-state index in [-0.39, 0.29) is 0 Å². The smallest absolute Gasteiger partial charge is 0.177 e. The largest absolute Gasteiger partial charge is 0.197 e. The highest BCUT2D eigenvalue weighted by Crippen LogP contribution is 2.10. The molecule has 2 aromatic heterocycles. The van der Waals surface area contributed by atoms with Gasteiger partial charge in [0.15, 0.2) is 11.5 Å². The first-order valence-corrected chi connectivity index (χ1v) is 4.95. The standard InChI is InChI=1S/C8H10N4.C2H6/c1-6(2)8-11-10-7-4-3-5-9-12(7)8;1-2/h3-6H,1-2H3;1-2H3. The molecule has 0 aliphatic rings. The van der Waals surface area contributed by atoms with Crippen molar-refractivity contribution in [2.45, 2.75) is 33.6 Å². The van der Waals surface area contributed by atoms with Crippen molar-refractivity contribution in [2.24, 2.45) is 0 Å². The van der Waals surface area contributed by atoms with Gasteiger partial charge in [-0.1, -0.05) is 27.7 Å². The molecule has 2 aromatic rings. The third-order valence-electron chi connectivity index (χ3n) is 1.72. The Kier molecular flexibility index (Phi) is 3.56. The van der Waals surface area contributed by atoms with E-state index in [1.165, 1.54) is 0 Å². The van der Waals surface area contributed by atoms with E-state index in [1.54, 1.807) is 10.7 Å². The van der Waals surface area contributed by atoms with Gasteiger partial charge in [-0.2, -0.15) is 9.61 Å². The Morgan fingerprint density at radius 3 is 2.57 bits per heavy atom. The molecule has 0 N–H and O–H groups in total. The van der Waals surface area contributed by atoms with Crippen molar-refractivity contribution in [3.05, 3.63) is 24.2 Å². The molecule has 4 heteroatoms. The summed E-state index contributed by atoms with van der Waals surface area (Å²) in [6.45, 7) is 8.15. The average Bonchev–Trinajstić information content (AvgIpc) is 2.64. The van der Waals surface area contributed by atoms with E-state index in [9.17, 15) is 0 Å². The summed E-state index contributed by atoms with van der Waals surface area (Å²) in [5.41, 5.74) is 0.807. The van der Waals surface area contributed by atoms with Crippen LogP contribution in [0.1, 0.15) is 39.4 Å². The molecule has 4 nitrogen and oxygen atoms in total. The van der Waals surface area contributed by atoms with Crippen LogP contribution >= 0.6 is 0 Å². The predicted molar refractivity (Wildman–Crippen MR) is 56.2 cm³/mol. The molecule has 0 amide bonds. The lowest BCUT2D eigenvalue weighted by Crippen LogP contribution is -1.99. The second-order valence-electron chi connectivity index (χ2n) is 3.01. The maximum atomic E-state index is 4.15. The lowest BCUT2D eigenvalue weighted by molar-refractivity contribution is 0.721. The minimum atomic E-state index is 0.356. The lowest BCUT2D eigenvalue weighted by Gasteiger charge is -1.99. The second-order valence-corrected chi connectivity index (χ2v) is 3.01. The molecule has 0 atom stereocenters. The molecule has 0 saturated carbocycles. The van der Waals surface area contributed by atoms with Gasteiger partial charge in [0.2, 0.25) is 0 Å². The molecule has 0 fully saturated rings. The zero-order chi connectivity index (χ0) is 10.6. The zero-order valence-corrected chi connectivity index (χ0v) is 9.10. The normalized spacial score (nSPS) is 10.1. The molecule has 2 heterocycles. The quantitative estimate of drug-likeness (QED) is 0.696. The Morgan fingerprint density at radius 2 is 1.93 bits per heavy atom. The summed E-state index contributed by atoms with van der Waals surface area (Å²) in [6.07, 6.45) is 1.74. The van der Waals surface area contributed by atoms with Gasteiger partial charge in [0, 0.05) is 12.1 Å². The van der Waals surface area contributed by atoms with E-state index in [1.807, 2.05) is 26.0 Å². The van der Waals surface area contributed by atoms with Crippen molar-refractivity contribution in [3.63, 3.8) is 0 Å². The highest BCUT2D eigenvalue weighted by Gasteiger charge is 2.08. The summed E-state index contributed by atoms with van der Waals surface area (Å²) in [4.78, 5) is 0. The van der Waals surface area contributed by atoms with Crippen molar-refractivity contribution in [1.82, 2.24) is 19.8 Å². The molecule has 2 rings (SSSR count). The lowest BCUT2D eigenvalue weighted by atomic mass is 10.2. The fourth-order valence-corrected chi connectivity index (χ4v) is 1.12. The molecule has 14 heavy (non-hydrogen) atoms. The number of hydrogen-bond donors (Lipinski definition) is 0. The predicted octanol–water partition coefficient (Wildman–Crippen LogP) is 2.27. The fraction of sp³-hybridized carbons (Fsp3) is 0.500. The fourth-order valence-electron chi connectivity index (χ4n) is 1.12. The number of rotatable bonds is 1. The molecule has 0 saturated heterocycles. The first kappa shape index (κ1) is 10.6. The molecule has 0 spiro atoms. The molecule has 0 aliphatic heterocycles. The Labute approximate surface area is 84.0 Å². The van der Waals surface area contributed by atoms with Gasteiger partial charge >= 0.3 is 0 Å².